The van der Waals surface area contributed by atoms with Gasteiger partial charge in [-0.2, -0.15) is 0 Å². The number of benzene rings is 1. The van der Waals surface area contributed by atoms with Crippen molar-refractivity contribution in [3.05, 3.63) is 58.5 Å². The third-order valence-corrected chi connectivity index (χ3v) is 4.29. The first-order valence-electron chi connectivity index (χ1n) is 7.63. The van der Waals surface area contributed by atoms with Crippen LogP contribution in [0.25, 0.3) is 10.8 Å². The number of aromatic amines is 1. The molecule has 1 aliphatic rings. The van der Waals surface area contributed by atoms with E-state index >= 15 is 0 Å². The summed E-state index contributed by atoms with van der Waals surface area (Å²) in [5.74, 6) is 0.183. The number of hydrogen-bond acceptors (Lipinski definition) is 2. The summed E-state index contributed by atoms with van der Waals surface area (Å²) in [6.07, 6.45) is 1.92. The molecule has 1 unspecified atom stereocenters. The maximum Gasteiger partial charge on any atom is 0.256 e. The largest absolute Gasteiger partial charge is 0.338 e. The van der Waals surface area contributed by atoms with Crippen LogP contribution in [-0.2, 0) is 4.79 Å². The molecule has 0 spiro atoms. The van der Waals surface area contributed by atoms with E-state index < -0.39 is 0 Å². The molecule has 1 N–H and O–H groups in total. The summed E-state index contributed by atoms with van der Waals surface area (Å²) in [7, 11) is 0. The predicted molar refractivity (Wildman–Crippen MR) is 87.9 cm³/mol. The number of likely N-dealkylation sites (tertiary alicyclic amines) is 1. The van der Waals surface area contributed by atoms with Gasteiger partial charge in [-0.05, 0) is 37.3 Å². The lowest BCUT2D eigenvalue weighted by molar-refractivity contribution is -0.128. The number of amides is 1. The molecule has 4 heteroatoms. The monoisotopic (exact) mass is 296 g/mol. The number of H-pyrrole nitrogens is 1. The second-order valence-corrected chi connectivity index (χ2v) is 6.01. The average Bonchev–Trinajstić information content (AvgIpc) is 2.54. The minimum atomic E-state index is -0.0588. The van der Waals surface area contributed by atoms with Gasteiger partial charge in [0.1, 0.15) is 0 Å². The molecule has 22 heavy (non-hydrogen) atoms. The summed E-state index contributed by atoms with van der Waals surface area (Å²) in [5.41, 5.74) is 1.42. The van der Waals surface area contributed by atoms with Crippen molar-refractivity contribution in [3.63, 3.8) is 0 Å². The molecule has 1 atom stereocenters. The van der Waals surface area contributed by atoms with Gasteiger partial charge in [0.2, 0.25) is 5.91 Å². The normalized spacial score (nSPS) is 18.4. The Balaban J connectivity index is 1.92. The molecule has 2 heterocycles. The lowest BCUT2D eigenvalue weighted by atomic mass is 9.93. The van der Waals surface area contributed by atoms with Gasteiger partial charge in [0, 0.05) is 35.7 Å². The molecule has 4 nitrogen and oxygen atoms in total. The third kappa shape index (κ3) is 2.69. The van der Waals surface area contributed by atoms with Crippen LogP contribution < -0.4 is 5.56 Å². The van der Waals surface area contributed by atoms with Crippen LogP contribution in [0, 0.1) is 0 Å². The van der Waals surface area contributed by atoms with Gasteiger partial charge >= 0.3 is 0 Å². The summed E-state index contributed by atoms with van der Waals surface area (Å²) in [5, 5.41) is 1.65. The molecule has 2 aromatic rings. The van der Waals surface area contributed by atoms with Gasteiger partial charge < -0.3 is 9.88 Å². The summed E-state index contributed by atoms with van der Waals surface area (Å²) < 4.78 is 0. The molecule has 1 aliphatic heterocycles. The van der Waals surface area contributed by atoms with E-state index in [1.54, 1.807) is 6.92 Å². The molecule has 1 fully saturated rings. The number of carbonyl (C=O) groups excluding carboxylic acids is 1. The van der Waals surface area contributed by atoms with E-state index in [0.717, 1.165) is 30.5 Å². The standard InChI is InChI=1S/C18H20N2O2/c1-12(2)18(22)20-9-5-7-14(11-20)16-10-13-6-3-4-8-15(13)17(21)19-16/h3-4,6,8,10,14H,1,5,7,9,11H2,2H3,(H,19,21). The molecule has 0 aliphatic carbocycles. The summed E-state index contributed by atoms with van der Waals surface area (Å²) in [4.78, 5) is 29.2. The van der Waals surface area contributed by atoms with Crippen molar-refractivity contribution in [2.75, 3.05) is 13.1 Å². The summed E-state index contributed by atoms with van der Waals surface area (Å²) in [6, 6.07) is 9.62. The van der Waals surface area contributed by atoms with Gasteiger partial charge in [-0.1, -0.05) is 24.8 Å². The van der Waals surface area contributed by atoms with E-state index in [1.165, 1.54) is 0 Å². The number of carbonyl (C=O) groups is 1. The van der Waals surface area contributed by atoms with Crippen molar-refractivity contribution in [2.45, 2.75) is 25.7 Å². The second-order valence-electron chi connectivity index (χ2n) is 6.01. The van der Waals surface area contributed by atoms with Gasteiger partial charge in [-0.3, -0.25) is 9.59 Å². The number of pyridine rings is 1. The number of aromatic nitrogens is 1. The lowest BCUT2D eigenvalue weighted by Crippen LogP contribution is -2.39. The predicted octanol–water partition coefficient (Wildman–Crippen LogP) is 2.81. The molecular formula is C18H20N2O2. The Morgan fingerprint density at radius 2 is 2.14 bits per heavy atom. The number of nitrogens with one attached hydrogen (secondary N) is 1. The van der Waals surface area contributed by atoms with E-state index in [2.05, 4.69) is 11.6 Å². The Bertz CT molecular complexity index is 791. The van der Waals surface area contributed by atoms with E-state index in [9.17, 15) is 9.59 Å². The van der Waals surface area contributed by atoms with E-state index in [1.807, 2.05) is 35.2 Å². The van der Waals surface area contributed by atoms with Crippen molar-refractivity contribution in [2.24, 2.45) is 0 Å². The lowest BCUT2D eigenvalue weighted by Gasteiger charge is -2.33. The molecule has 0 radical (unpaired) electrons. The molecule has 1 amide bonds. The summed E-state index contributed by atoms with van der Waals surface area (Å²) >= 11 is 0. The van der Waals surface area contributed by atoms with Gasteiger partial charge in [0.05, 0.1) is 0 Å². The summed E-state index contributed by atoms with van der Waals surface area (Å²) in [6.45, 7) is 6.88. The Morgan fingerprint density at radius 3 is 2.91 bits per heavy atom. The third-order valence-electron chi connectivity index (χ3n) is 4.29. The highest BCUT2D eigenvalue weighted by atomic mass is 16.2. The van der Waals surface area contributed by atoms with Gasteiger partial charge in [-0.25, -0.2) is 0 Å². The molecular weight excluding hydrogens is 276 g/mol. The van der Waals surface area contributed by atoms with Crippen LogP contribution >= 0.6 is 0 Å². The Hall–Kier alpha value is -2.36. The van der Waals surface area contributed by atoms with Gasteiger partial charge in [-0.15, -0.1) is 0 Å². The molecule has 114 valence electrons. The van der Waals surface area contributed by atoms with Gasteiger partial charge in [0.15, 0.2) is 0 Å². The molecule has 1 aromatic heterocycles. The van der Waals surface area contributed by atoms with Crippen molar-refractivity contribution in [3.8, 4) is 0 Å². The number of fused-ring (bicyclic) bond motifs is 1. The number of hydrogen-bond donors (Lipinski definition) is 1. The zero-order valence-electron chi connectivity index (χ0n) is 12.8. The highest BCUT2D eigenvalue weighted by molar-refractivity contribution is 5.92. The fourth-order valence-electron chi connectivity index (χ4n) is 3.14. The Labute approximate surface area is 129 Å². The first-order chi connectivity index (χ1) is 10.6. The quantitative estimate of drug-likeness (QED) is 0.866. The minimum absolute atomic E-state index is 0.00726. The zero-order valence-corrected chi connectivity index (χ0v) is 12.8. The van der Waals surface area contributed by atoms with Gasteiger partial charge in [0.25, 0.3) is 5.56 Å². The average molecular weight is 296 g/mol. The fourth-order valence-corrected chi connectivity index (χ4v) is 3.14. The molecule has 1 saturated heterocycles. The fraction of sp³-hybridized carbons (Fsp3) is 0.333. The number of piperidine rings is 1. The van der Waals surface area contributed by atoms with Crippen LogP contribution in [0.4, 0.5) is 0 Å². The maximum absolute atomic E-state index is 12.2. The Morgan fingerprint density at radius 1 is 1.36 bits per heavy atom. The highest BCUT2D eigenvalue weighted by Gasteiger charge is 2.25. The van der Waals surface area contributed by atoms with Crippen LogP contribution in [0.5, 0.6) is 0 Å². The maximum atomic E-state index is 12.2. The first kappa shape index (κ1) is 14.6. The van der Waals surface area contributed by atoms with Crippen LogP contribution in [0.1, 0.15) is 31.4 Å². The van der Waals surface area contributed by atoms with Crippen LogP contribution in [0.2, 0.25) is 0 Å². The first-order valence-corrected chi connectivity index (χ1v) is 7.63. The topological polar surface area (TPSA) is 53.2 Å². The van der Waals surface area contributed by atoms with E-state index in [4.69, 9.17) is 0 Å². The van der Waals surface area contributed by atoms with Crippen LogP contribution in [0.3, 0.4) is 0 Å². The SMILES string of the molecule is C=C(C)C(=O)N1CCCC(c2cc3ccccc3c(=O)[nH]2)C1. The van der Waals surface area contributed by atoms with E-state index in [0.29, 0.717) is 17.5 Å². The molecule has 3 rings (SSSR count). The minimum Gasteiger partial charge on any atom is -0.338 e. The smallest absolute Gasteiger partial charge is 0.256 e. The second kappa shape index (κ2) is 5.79. The van der Waals surface area contributed by atoms with Crippen molar-refractivity contribution < 1.29 is 4.79 Å². The highest BCUT2D eigenvalue weighted by Crippen LogP contribution is 2.27. The van der Waals surface area contributed by atoms with E-state index in [-0.39, 0.29) is 17.4 Å². The van der Waals surface area contributed by atoms with Crippen LogP contribution in [0.15, 0.2) is 47.3 Å². The van der Waals surface area contributed by atoms with Crippen molar-refractivity contribution >= 4 is 16.7 Å². The van der Waals surface area contributed by atoms with Crippen molar-refractivity contribution in [1.82, 2.24) is 9.88 Å². The number of nitrogens with zero attached hydrogens (tertiary/aromatic N) is 1. The molecule has 0 bridgehead atoms. The van der Waals surface area contributed by atoms with Crippen LogP contribution in [-0.4, -0.2) is 28.9 Å². The number of rotatable bonds is 2. The zero-order chi connectivity index (χ0) is 15.7. The molecule has 0 saturated carbocycles. The van der Waals surface area contributed by atoms with Crippen molar-refractivity contribution in [1.29, 1.82) is 0 Å². The Kier molecular flexibility index (Phi) is 3.84. The molecule has 1 aromatic carbocycles.